The lowest BCUT2D eigenvalue weighted by atomic mass is 9.98. The third-order valence-electron chi connectivity index (χ3n) is 3.97. The van der Waals surface area contributed by atoms with Crippen LogP contribution in [0.4, 0.5) is 0 Å². The Balaban J connectivity index is 1.78. The summed E-state index contributed by atoms with van der Waals surface area (Å²) < 4.78 is 0. The van der Waals surface area contributed by atoms with E-state index in [4.69, 9.17) is 11.6 Å². The van der Waals surface area contributed by atoms with Crippen molar-refractivity contribution in [3.63, 3.8) is 0 Å². The Morgan fingerprint density at radius 3 is 2.75 bits per heavy atom. The van der Waals surface area contributed by atoms with Crippen LogP contribution in [0.5, 0.6) is 0 Å². The van der Waals surface area contributed by atoms with Crippen LogP contribution in [0.2, 0.25) is 0 Å². The Labute approximate surface area is 124 Å². The van der Waals surface area contributed by atoms with Crippen molar-refractivity contribution in [2.45, 2.75) is 51.1 Å². The van der Waals surface area contributed by atoms with E-state index < -0.39 is 0 Å². The molecule has 0 aliphatic heterocycles. The van der Waals surface area contributed by atoms with Crippen LogP contribution in [0.15, 0.2) is 35.0 Å². The maximum atomic E-state index is 12.8. The molecule has 0 N–H and O–H groups in total. The van der Waals surface area contributed by atoms with E-state index in [1.54, 1.807) is 6.20 Å². The van der Waals surface area contributed by atoms with Gasteiger partial charge in [0.2, 0.25) is 0 Å². The fraction of sp³-hybridized carbons (Fsp3) is 0.500. The van der Waals surface area contributed by atoms with Crippen molar-refractivity contribution in [1.82, 2.24) is 9.88 Å². The number of carbonyl (C=O) groups excluding carboxylic acids is 1. The number of aromatic nitrogens is 1. The van der Waals surface area contributed by atoms with Gasteiger partial charge in [0.15, 0.2) is 0 Å². The number of amides is 1. The molecular formula is C16H19ClN2O. The van der Waals surface area contributed by atoms with E-state index >= 15 is 0 Å². The van der Waals surface area contributed by atoms with Gasteiger partial charge in [0.1, 0.15) is 0 Å². The smallest absolute Gasteiger partial charge is 0.251 e. The van der Waals surface area contributed by atoms with E-state index in [9.17, 15) is 4.79 Å². The summed E-state index contributed by atoms with van der Waals surface area (Å²) in [7, 11) is 0. The maximum absolute atomic E-state index is 12.8. The van der Waals surface area contributed by atoms with Crippen molar-refractivity contribution in [1.29, 1.82) is 0 Å². The standard InChI is InChI=1S/C16H19ClN2O/c17-15-7-2-1-6-14(15)16(20)19(13-8-9-13)11-12-5-3-4-10-18-12/h3-5,10,13H,1-2,6-9,11H2. The zero-order valence-electron chi connectivity index (χ0n) is 11.5. The third-order valence-corrected chi connectivity index (χ3v) is 4.38. The molecule has 0 spiro atoms. The van der Waals surface area contributed by atoms with Gasteiger partial charge in [-0.1, -0.05) is 17.7 Å². The molecule has 0 radical (unpaired) electrons. The average molecular weight is 291 g/mol. The van der Waals surface area contributed by atoms with Crippen molar-refractivity contribution in [2.24, 2.45) is 0 Å². The van der Waals surface area contributed by atoms with E-state index in [1.165, 1.54) is 0 Å². The largest absolute Gasteiger partial charge is 0.330 e. The molecule has 1 heterocycles. The summed E-state index contributed by atoms with van der Waals surface area (Å²) in [5.41, 5.74) is 1.78. The second-order valence-electron chi connectivity index (χ2n) is 5.58. The number of hydrogen-bond donors (Lipinski definition) is 0. The second kappa shape index (κ2) is 5.96. The van der Waals surface area contributed by atoms with Crippen molar-refractivity contribution < 1.29 is 4.79 Å². The zero-order chi connectivity index (χ0) is 13.9. The van der Waals surface area contributed by atoms with Crippen LogP contribution in [-0.2, 0) is 11.3 Å². The molecule has 0 atom stereocenters. The molecule has 0 unspecified atom stereocenters. The van der Waals surface area contributed by atoms with E-state index in [2.05, 4.69) is 4.98 Å². The summed E-state index contributed by atoms with van der Waals surface area (Å²) in [6.07, 6.45) is 7.82. The molecule has 0 saturated heterocycles. The molecule has 3 rings (SSSR count). The fourth-order valence-electron chi connectivity index (χ4n) is 2.68. The van der Waals surface area contributed by atoms with Crippen molar-refractivity contribution in [3.05, 3.63) is 40.7 Å². The van der Waals surface area contributed by atoms with Gasteiger partial charge < -0.3 is 4.90 Å². The quantitative estimate of drug-likeness (QED) is 0.848. The molecule has 1 aromatic rings. The van der Waals surface area contributed by atoms with Gasteiger partial charge >= 0.3 is 0 Å². The highest BCUT2D eigenvalue weighted by Gasteiger charge is 2.35. The molecule has 0 bridgehead atoms. The van der Waals surface area contributed by atoms with Gasteiger partial charge in [0.25, 0.3) is 5.91 Å². The van der Waals surface area contributed by atoms with Gasteiger partial charge in [0, 0.05) is 22.8 Å². The first-order valence-electron chi connectivity index (χ1n) is 7.34. The number of rotatable bonds is 4. The molecule has 1 fully saturated rings. The van der Waals surface area contributed by atoms with Gasteiger partial charge in [0.05, 0.1) is 12.2 Å². The summed E-state index contributed by atoms with van der Waals surface area (Å²) in [5.74, 6) is 0.128. The first-order valence-corrected chi connectivity index (χ1v) is 7.72. The molecule has 1 aromatic heterocycles. The number of halogens is 1. The summed E-state index contributed by atoms with van der Waals surface area (Å²) in [5, 5.41) is 0.771. The minimum atomic E-state index is 0.128. The monoisotopic (exact) mass is 290 g/mol. The van der Waals surface area contributed by atoms with Crippen molar-refractivity contribution in [3.8, 4) is 0 Å². The number of allylic oxidation sites excluding steroid dienone is 1. The van der Waals surface area contributed by atoms with Crippen LogP contribution in [0.3, 0.4) is 0 Å². The van der Waals surface area contributed by atoms with E-state index in [-0.39, 0.29) is 5.91 Å². The van der Waals surface area contributed by atoms with Crippen LogP contribution >= 0.6 is 11.6 Å². The van der Waals surface area contributed by atoms with Crippen LogP contribution in [0.1, 0.15) is 44.2 Å². The van der Waals surface area contributed by atoms with E-state index in [1.807, 2.05) is 23.1 Å². The number of carbonyl (C=O) groups is 1. The van der Waals surface area contributed by atoms with Crippen molar-refractivity contribution >= 4 is 17.5 Å². The minimum Gasteiger partial charge on any atom is -0.330 e. The van der Waals surface area contributed by atoms with Crippen LogP contribution in [0, 0.1) is 0 Å². The predicted octanol–water partition coefficient (Wildman–Crippen LogP) is 3.64. The first kappa shape index (κ1) is 13.6. The highest BCUT2D eigenvalue weighted by molar-refractivity contribution is 6.32. The maximum Gasteiger partial charge on any atom is 0.251 e. The molecule has 4 heteroatoms. The predicted molar refractivity (Wildman–Crippen MR) is 79.2 cm³/mol. The molecule has 106 valence electrons. The van der Waals surface area contributed by atoms with E-state index in [0.717, 1.165) is 54.8 Å². The number of hydrogen-bond acceptors (Lipinski definition) is 2. The lowest BCUT2D eigenvalue weighted by Crippen LogP contribution is -2.34. The molecule has 2 aliphatic carbocycles. The number of nitrogens with zero attached hydrogens (tertiary/aromatic N) is 2. The molecule has 1 amide bonds. The summed E-state index contributed by atoms with van der Waals surface area (Å²) in [6, 6.07) is 6.21. The van der Waals surface area contributed by atoms with Crippen LogP contribution in [0.25, 0.3) is 0 Å². The van der Waals surface area contributed by atoms with Crippen LogP contribution in [-0.4, -0.2) is 21.8 Å². The van der Waals surface area contributed by atoms with Crippen molar-refractivity contribution in [2.75, 3.05) is 0 Å². The second-order valence-corrected chi connectivity index (χ2v) is 6.03. The molecular weight excluding hydrogens is 272 g/mol. The summed E-state index contributed by atoms with van der Waals surface area (Å²) in [6.45, 7) is 0.595. The Bertz CT molecular complexity index is 523. The average Bonchev–Trinajstić information content (AvgIpc) is 3.30. The molecule has 1 saturated carbocycles. The van der Waals surface area contributed by atoms with E-state index in [0.29, 0.717) is 12.6 Å². The third kappa shape index (κ3) is 3.04. The lowest BCUT2D eigenvalue weighted by molar-refractivity contribution is -0.128. The summed E-state index contributed by atoms with van der Waals surface area (Å²) in [4.78, 5) is 19.0. The SMILES string of the molecule is O=C(C1=C(Cl)CCCC1)N(Cc1ccccn1)C1CC1. The van der Waals surface area contributed by atoms with Crippen LogP contribution < -0.4 is 0 Å². The van der Waals surface area contributed by atoms with Gasteiger partial charge in [-0.3, -0.25) is 9.78 Å². The normalized spacial score (nSPS) is 19.1. The minimum absolute atomic E-state index is 0.128. The zero-order valence-corrected chi connectivity index (χ0v) is 12.3. The first-order chi connectivity index (χ1) is 9.75. The highest BCUT2D eigenvalue weighted by atomic mass is 35.5. The molecule has 2 aliphatic rings. The molecule has 20 heavy (non-hydrogen) atoms. The topological polar surface area (TPSA) is 33.2 Å². The molecule has 3 nitrogen and oxygen atoms in total. The highest BCUT2D eigenvalue weighted by Crippen LogP contribution is 2.34. The van der Waals surface area contributed by atoms with Gasteiger partial charge in [-0.25, -0.2) is 0 Å². The Hall–Kier alpha value is -1.35. The summed E-state index contributed by atoms with van der Waals surface area (Å²) >= 11 is 6.27. The van der Waals surface area contributed by atoms with Gasteiger partial charge in [-0.2, -0.15) is 0 Å². The Kier molecular flexibility index (Phi) is 4.06. The lowest BCUT2D eigenvalue weighted by Gasteiger charge is -2.25. The molecule has 0 aromatic carbocycles. The van der Waals surface area contributed by atoms with Gasteiger partial charge in [-0.05, 0) is 50.7 Å². The number of pyridine rings is 1. The van der Waals surface area contributed by atoms with Gasteiger partial charge in [-0.15, -0.1) is 0 Å². The fourth-order valence-corrected chi connectivity index (χ4v) is 2.99. The Morgan fingerprint density at radius 2 is 2.10 bits per heavy atom. The Morgan fingerprint density at radius 1 is 1.30 bits per heavy atom.